The number of nitrogens with zero attached hydrogens (tertiary/aromatic N) is 2. The lowest BCUT2D eigenvalue weighted by Gasteiger charge is -2.14. The lowest BCUT2D eigenvalue weighted by atomic mass is 10.2. The minimum atomic E-state index is -3.54. The molecular formula is C10H20N4O2S. The van der Waals surface area contributed by atoms with Crippen LogP contribution in [0.3, 0.4) is 0 Å². The van der Waals surface area contributed by atoms with E-state index in [-0.39, 0.29) is 11.1 Å². The van der Waals surface area contributed by atoms with Crippen molar-refractivity contribution in [3.05, 3.63) is 12.5 Å². The van der Waals surface area contributed by atoms with Gasteiger partial charge in [0.2, 0.25) is 0 Å². The first-order valence-electron chi connectivity index (χ1n) is 5.77. The fourth-order valence-electron chi connectivity index (χ4n) is 1.50. The van der Waals surface area contributed by atoms with Crippen molar-refractivity contribution in [2.75, 3.05) is 6.54 Å². The van der Waals surface area contributed by atoms with Crippen LogP contribution in [-0.4, -0.2) is 30.6 Å². The molecule has 0 fully saturated rings. The van der Waals surface area contributed by atoms with Crippen LogP contribution in [0.4, 0.5) is 0 Å². The van der Waals surface area contributed by atoms with Crippen molar-refractivity contribution in [3.8, 4) is 0 Å². The molecule has 3 N–H and O–H groups in total. The summed E-state index contributed by atoms with van der Waals surface area (Å²) in [4.78, 5) is 3.88. The molecule has 0 radical (unpaired) electrons. The number of sulfonamides is 1. The highest BCUT2D eigenvalue weighted by Crippen LogP contribution is 2.07. The molecule has 0 aliphatic heterocycles. The summed E-state index contributed by atoms with van der Waals surface area (Å²) < 4.78 is 28.2. The lowest BCUT2D eigenvalue weighted by molar-refractivity contribution is 0.525. The van der Waals surface area contributed by atoms with E-state index in [9.17, 15) is 8.42 Å². The smallest absolute Gasteiger partial charge is 0.259 e. The maximum Gasteiger partial charge on any atom is 0.259 e. The maximum absolute atomic E-state index is 12.0. The minimum absolute atomic E-state index is 0.0499. The van der Waals surface area contributed by atoms with E-state index in [1.807, 2.05) is 13.8 Å². The summed E-state index contributed by atoms with van der Waals surface area (Å²) in [5.41, 5.74) is 5.52. The van der Waals surface area contributed by atoms with Gasteiger partial charge in [0.1, 0.15) is 0 Å². The molecule has 1 heterocycles. The monoisotopic (exact) mass is 260 g/mol. The molecular weight excluding hydrogens is 240 g/mol. The van der Waals surface area contributed by atoms with Crippen molar-refractivity contribution >= 4 is 10.0 Å². The van der Waals surface area contributed by atoms with Gasteiger partial charge >= 0.3 is 0 Å². The number of hydrogen-bond donors (Lipinski definition) is 2. The molecule has 1 aromatic rings. The third-order valence-corrected chi connectivity index (χ3v) is 3.90. The van der Waals surface area contributed by atoms with E-state index in [1.165, 1.54) is 12.5 Å². The van der Waals surface area contributed by atoms with Crippen molar-refractivity contribution < 1.29 is 8.42 Å². The molecule has 0 saturated carbocycles. The van der Waals surface area contributed by atoms with Crippen molar-refractivity contribution in [3.63, 3.8) is 0 Å². The van der Waals surface area contributed by atoms with Gasteiger partial charge in [-0.3, -0.25) is 0 Å². The molecule has 98 valence electrons. The fraction of sp³-hybridized carbons (Fsp3) is 0.700. The SMILES string of the molecule is CCCC(CN)NS(=O)(=O)c1cn(CC)cn1. The minimum Gasteiger partial charge on any atom is -0.336 e. The summed E-state index contributed by atoms with van der Waals surface area (Å²) in [6.07, 6.45) is 4.63. The normalized spacial score (nSPS) is 13.8. The Morgan fingerprint density at radius 3 is 2.71 bits per heavy atom. The quantitative estimate of drug-likeness (QED) is 0.738. The Morgan fingerprint density at radius 1 is 1.53 bits per heavy atom. The Morgan fingerprint density at radius 2 is 2.24 bits per heavy atom. The predicted molar refractivity (Wildman–Crippen MR) is 66.0 cm³/mol. The van der Waals surface area contributed by atoms with Crippen LogP contribution in [0.2, 0.25) is 0 Å². The average Bonchev–Trinajstić information content (AvgIpc) is 2.77. The van der Waals surface area contributed by atoms with Gasteiger partial charge in [-0.05, 0) is 13.3 Å². The van der Waals surface area contributed by atoms with Gasteiger partial charge in [-0.15, -0.1) is 0 Å². The molecule has 0 amide bonds. The van der Waals surface area contributed by atoms with Crippen molar-refractivity contribution in [1.29, 1.82) is 0 Å². The summed E-state index contributed by atoms with van der Waals surface area (Å²) in [6, 6.07) is -0.225. The summed E-state index contributed by atoms with van der Waals surface area (Å²) in [7, 11) is -3.54. The zero-order chi connectivity index (χ0) is 12.9. The van der Waals surface area contributed by atoms with E-state index >= 15 is 0 Å². The van der Waals surface area contributed by atoms with E-state index in [1.54, 1.807) is 4.57 Å². The van der Waals surface area contributed by atoms with Gasteiger partial charge in [0.05, 0.1) is 6.33 Å². The van der Waals surface area contributed by atoms with Gasteiger partial charge in [0, 0.05) is 25.3 Å². The second-order valence-corrected chi connectivity index (χ2v) is 5.55. The zero-order valence-corrected chi connectivity index (χ0v) is 11.1. The molecule has 6 nitrogen and oxygen atoms in total. The van der Waals surface area contributed by atoms with Crippen molar-refractivity contribution in [1.82, 2.24) is 14.3 Å². The first kappa shape index (κ1) is 14.1. The van der Waals surface area contributed by atoms with Gasteiger partial charge < -0.3 is 10.3 Å². The van der Waals surface area contributed by atoms with Gasteiger partial charge in [-0.1, -0.05) is 13.3 Å². The molecule has 1 aromatic heterocycles. The van der Waals surface area contributed by atoms with E-state index < -0.39 is 10.0 Å². The second kappa shape index (κ2) is 6.13. The zero-order valence-electron chi connectivity index (χ0n) is 10.3. The van der Waals surface area contributed by atoms with Crippen molar-refractivity contribution in [2.24, 2.45) is 5.73 Å². The van der Waals surface area contributed by atoms with Crippen LogP contribution < -0.4 is 10.5 Å². The molecule has 0 aromatic carbocycles. The molecule has 0 aliphatic rings. The largest absolute Gasteiger partial charge is 0.336 e. The van der Waals surface area contributed by atoms with E-state index in [2.05, 4.69) is 9.71 Å². The lowest BCUT2D eigenvalue weighted by Crippen LogP contribution is -2.40. The van der Waals surface area contributed by atoms with Crippen LogP contribution in [0.25, 0.3) is 0 Å². The Kier molecular flexibility index (Phi) is 5.10. The first-order valence-corrected chi connectivity index (χ1v) is 7.26. The van der Waals surface area contributed by atoms with E-state index in [4.69, 9.17) is 5.73 Å². The molecule has 1 unspecified atom stereocenters. The van der Waals surface area contributed by atoms with Crippen LogP contribution in [0.5, 0.6) is 0 Å². The number of nitrogens with two attached hydrogens (primary N) is 1. The number of imidazole rings is 1. The molecule has 17 heavy (non-hydrogen) atoms. The van der Waals surface area contributed by atoms with Gasteiger partial charge in [-0.25, -0.2) is 18.1 Å². The second-order valence-electron chi connectivity index (χ2n) is 3.88. The number of nitrogens with one attached hydrogen (secondary N) is 1. The first-order chi connectivity index (χ1) is 8.03. The molecule has 0 saturated heterocycles. The Hall–Kier alpha value is -0.920. The van der Waals surface area contributed by atoms with Crippen LogP contribution in [-0.2, 0) is 16.6 Å². The highest BCUT2D eigenvalue weighted by Gasteiger charge is 2.20. The Balaban J connectivity index is 2.80. The highest BCUT2D eigenvalue weighted by atomic mass is 32.2. The van der Waals surface area contributed by atoms with Crippen LogP contribution >= 0.6 is 0 Å². The molecule has 7 heteroatoms. The van der Waals surface area contributed by atoms with Gasteiger partial charge in [0.25, 0.3) is 10.0 Å². The summed E-state index contributed by atoms with van der Waals surface area (Å²) in [6.45, 7) is 4.90. The topological polar surface area (TPSA) is 90.0 Å². The summed E-state index contributed by atoms with van der Waals surface area (Å²) in [5.74, 6) is 0. The van der Waals surface area contributed by atoms with Gasteiger partial charge in [-0.2, -0.15) is 0 Å². The van der Waals surface area contributed by atoms with Crippen molar-refractivity contribution in [2.45, 2.75) is 44.3 Å². The molecule has 0 aliphatic carbocycles. The maximum atomic E-state index is 12.0. The number of rotatable bonds is 7. The predicted octanol–water partition coefficient (Wildman–Crippen LogP) is 0.309. The van der Waals surface area contributed by atoms with E-state index in [0.29, 0.717) is 13.1 Å². The fourth-order valence-corrected chi connectivity index (χ4v) is 2.74. The molecule has 1 rings (SSSR count). The molecule has 0 bridgehead atoms. The van der Waals surface area contributed by atoms with Crippen LogP contribution in [0.1, 0.15) is 26.7 Å². The van der Waals surface area contributed by atoms with E-state index in [0.717, 1.165) is 12.8 Å². The third kappa shape index (κ3) is 3.79. The molecule has 0 spiro atoms. The average molecular weight is 260 g/mol. The Labute approximate surface area is 102 Å². The summed E-state index contributed by atoms with van der Waals surface area (Å²) in [5, 5.41) is 0.0499. The van der Waals surface area contributed by atoms with Crippen LogP contribution in [0, 0.1) is 0 Å². The third-order valence-electron chi connectivity index (χ3n) is 2.49. The number of aromatic nitrogens is 2. The Bertz CT molecular complexity index is 441. The standard InChI is InChI=1S/C10H20N4O2S/c1-3-5-9(6-11)13-17(15,16)10-7-14(4-2)8-12-10/h7-9,13H,3-6,11H2,1-2H3. The number of hydrogen-bond acceptors (Lipinski definition) is 4. The summed E-state index contributed by atoms with van der Waals surface area (Å²) >= 11 is 0. The van der Waals surface area contributed by atoms with Crippen LogP contribution in [0.15, 0.2) is 17.6 Å². The molecule has 1 atom stereocenters. The number of aryl methyl sites for hydroxylation is 1. The highest BCUT2D eigenvalue weighted by molar-refractivity contribution is 7.89. The van der Waals surface area contributed by atoms with Gasteiger partial charge in [0.15, 0.2) is 5.03 Å².